The van der Waals surface area contributed by atoms with Crippen LogP contribution >= 0.6 is 22.9 Å². The van der Waals surface area contributed by atoms with Gasteiger partial charge in [-0.25, -0.2) is 0 Å². The summed E-state index contributed by atoms with van der Waals surface area (Å²) in [5.74, 6) is 0. The molecule has 0 amide bonds. The molecule has 0 N–H and O–H groups in total. The normalized spacial score (nSPS) is 10.7. The smallest absolute Gasteiger partial charge is 0.108 e. The number of halogens is 1. The lowest BCUT2D eigenvalue weighted by molar-refractivity contribution is 1.07. The van der Waals surface area contributed by atoms with E-state index in [4.69, 9.17) is 11.6 Å². The lowest BCUT2D eigenvalue weighted by Crippen LogP contribution is -1.80. The third-order valence-electron chi connectivity index (χ3n) is 1.49. The Labute approximate surface area is 72.8 Å². The van der Waals surface area contributed by atoms with Gasteiger partial charge in [-0.2, -0.15) is 5.10 Å². The molecule has 2 heterocycles. The van der Waals surface area contributed by atoms with E-state index < -0.39 is 0 Å². The van der Waals surface area contributed by atoms with Crippen LogP contribution in [0.25, 0.3) is 10.2 Å². The highest BCUT2D eigenvalue weighted by atomic mass is 35.5. The summed E-state index contributed by atoms with van der Waals surface area (Å²) in [5.41, 5.74) is 2.06. The minimum Gasteiger partial charge on any atom is -0.157 e. The van der Waals surface area contributed by atoms with E-state index in [1.165, 1.54) is 0 Å². The Bertz CT molecular complexity index is 396. The predicted molar refractivity (Wildman–Crippen MR) is 47.2 cm³/mol. The SMILES string of the molecule is Cc1csc2c(Cl)cnnc12. The molecule has 0 aliphatic carbocycles. The van der Waals surface area contributed by atoms with Gasteiger partial charge in [0.1, 0.15) is 5.52 Å². The van der Waals surface area contributed by atoms with E-state index in [1.807, 2.05) is 12.3 Å². The molecule has 56 valence electrons. The summed E-state index contributed by atoms with van der Waals surface area (Å²) in [5, 5.41) is 10.5. The van der Waals surface area contributed by atoms with E-state index in [2.05, 4.69) is 10.2 Å². The van der Waals surface area contributed by atoms with Crippen molar-refractivity contribution >= 4 is 33.2 Å². The molecule has 2 nitrogen and oxygen atoms in total. The van der Waals surface area contributed by atoms with Gasteiger partial charge in [0, 0.05) is 0 Å². The fourth-order valence-electron chi connectivity index (χ4n) is 0.928. The van der Waals surface area contributed by atoms with Gasteiger partial charge >= 0.3 is 0 Å². The molecule has 0 saturated carbocycles. The van der Waals surface area contributed by atoms with Gasteiger partial charge in [-0.3, -0.25) is 0 Å². The third kappa shape index (κ3) is 1.01. The van der Waals surface area contributed by atoms with Gasteiger partial charge in [-0.15, -0.1) is 16.4 Å². The molecule has 0 unspecified atom stereocenters. The minimum absolute atomic E-state index is 0.688. The van der Waals surface area contributed by atoms with Crippen molar-refractivity contribution in [2.75, 3.05) is 0 Å². The van der Waals surface area contributed by atoms with E-state index in [0.717, 1.165) is 15.8 Å². The third-order valence-corrected chi connectivity index (χ3v) is 3.01. The van der Waals surface area contributed by atoms with E-state index >= 15 is 0 Å². The molecular formula is C7H5ClN2S. The Morgan fingerprint density at radius 3 is 3.09 bits per heavy atom. The molecule has 0 aliphatic heterocycles. The zero-order valence-corrected chi connectivity index (χ0v) is 7.41. The highest BCUT2D eigenvalue weighted by Gasteiger charge is 2.04. The van der Waals surface area contributed by atoms with Gasteiger partial charge in [-0.05, 0) is 17.9 Å². The number of rotatable bonds is 0. The number of thiophene rings is 1. The highest BCUT2D eigenvalue weighted by Crippen LogP contribution is 2.28. The Balaban J connectivity index is 2.94. The average molecular weight is 185 g/mol. The van der Waals surface area contributed by atoms with Crippen LogP contribution in [0.5, 0.6) is 0 Å². The predicted octanol–water partition coefficient (Wildman–Crippen LogP) is 2.65. The lowest BCUT2D eigenvalue weighted by Gasteiger charge is -1.89. The summed E-state index contributed by atoms with van der Waals surface area (Å²) < 4.78 is 1.03. The van der Waals surface area contributed by atoms with E-state index in [1.54, 1.807) is 17.5 Å². The molecule has 0 fully saturated rings. The monoisotopic (exact) mass is 184 g/mol. The molecule has 11 heavy (non-hydrogen) atoms. The first-order chi connectivity index (χ1) is 5.29. The minimum atomic E-state index is 0.688. The van der Waals surface area contributed by atoms with Crippen LogP contribution in [0.2, 0.25) is 5.02 Å². The van der Waals surface area contributed by atoms with Crippen molar-refractivity contribution in [2.24, 2.45) is 0 Å². The first kappa shape index (κ1) is 7.00. The maximum absolute atomic E-state index is 5.88. The largest absolute Gasteiger partial charge is 0.157 e. The Kier molecular flexibility index (Phi) is 1.55. The summed E-state index contributed by atoms with van der Waals surface area (Å²) >= 11 is 7.48. The van der Waals surface area contributed by atoms with E-state index in [9.17, 15) is 0 Å². The van der Waals surface area contributed by atoms with Gasteiger partial charge in [0.25, 0.3) is 0 Å². The van der Waals surface area contributed by atoms with Crippen LogP contribution < -0.4 is 0 Å². The van der Waals surface area contributed by atoms with Crippen molar-refractivity contribution in [3.63, 3.8) is 0 Å². The number of aromatic nitrogens is 2. The topological polar surface area (TPSA) is 25.8 Å². The number of aryl methyl sites for hydroxylation is 1. The molecule has 2 aromatic heterocycles. The molecule has 0 spiro atoms. The van der Waals surface area contributed by atoms with E-state index in [0.29, 0.717) is 5.02 Å². The quantitative estimate of drug-likeness (QED) is 0.629. The molecule has 2 rings (SSSR count). The number of nitrogens with zero attached hydrogens (tertiary/aromatic N) is 2. The maximum atomic E-state index is 5.88. The van der Waals surface area contributed by atoms with Gasteiger partial charge in [0.05, 0.1) is 15.9 Å². The highest BCUT2D eigenvalue weighted by molar-refractivity contribution is 7.18. The molecule has 0 aromatic carbocycles. The van der Waals surface area contributed by atoms with Crippen LogP contribution in [0.4, 0.5) is 0 Å². The van der Waals surface area contributed by atoms with Crippen LogP contribution in [-0.4, -0.2) is 10.2 Å². The first-order valence-corrected chi connectivity index (χ1v) is 4.40. The van der Waals surface area contributed by atoms with Gasteiger partial charge in [0.15, 0.2) is 0 Å². The second-order valence-corrected chi connectivity index (χ2v) is 3.58. The molecule has 2 aromatic rings. The Morgan fingerprint density at radius 1 is 1.55 bits per heavy atom. The van der Waals surface area contributed by atoms with Crippen molar-refractivity contribution in [3.8, 4) is 0 Å². The summed E-state index contributed by atoms with van der Waals surface area (Å²) in [7, 11) is 0. The summed E-state index contributed by atoms with van der Waals surface area (Å²) in [6.45, 7) is 2.00. The second-order valence-electron chi connectivity index (χ2n) is 2.29. The van der Waals surface area contributed by atoms with Crippen molar-refractivity contribution in [3.05, 3.63) is 22.2 Å². The van der Waals surface area contributed by atoms with Crippen LogP contribution in [0, 0.1) is 6.92 Å². The van der Waals surface area contributed by atoms with Gasteiger partial charge in [-0.1, -0.05) is 11.6 Å². The summed E-state index contributed by atoms with van der Waals surface area (Å²) in [6.07, 6.45) is 1.57. The first-order valence-electron chi connectivity index (χ1n) is 3.14. The van der Waals surface area contributed by atoms with Gasteiger partial charge in [0.2, 0.25) is 0 Å². The molecule has 0 aliphatic rings. The van der Waals surface area contributed by atoms with Crippen LogP contribution in [0.3, 0.4) is 0 Å². The van der Waals surface area contributed by atoms with Crippen LogP contribution in [0.1, 0.15) is 5.56 Å². The van der Waals surface area contributed by atoms with Crippen molar-refractivity contribution < 1.29 is 0 Å². The lowest BCUT2D eigenvalue weighted by atomic mass is 10.3. The zero-order valence-electron chi connectivity index (χ0n) is 5.84. The van der Waals surface area contributed by atoms with Crippen molar-refractivity contribution in [1.82, 2.24) is 10.2 Å². The molecule has 0 bridgehead atoms. The van der Waals surface area contributed by atoms with Crippen LogP contribution in [0.15, 0.2) is 11.6 Å². The fourth-order valence-corrected chi connectivity index (χ4v) is 2.08. The zero-order chi connectivity index (χ0) is 7.84. The second kappa shape index (κ2) is 2.43. The average Bonchev–Trinajstić information content (AvgIpc) is 2.35. The molecule has 0 radical (unpaired) electrons. The number of hydrogen-bond donors (Lipinski definition) is 0. The fraction of sp³-hybridized carbons (Fsp3) is 0.143. The Morgan fingerprint density at radius 2 is 2.36 bits per heavy atom. The van der Waals surface area contributed by atoms with E-state index in [-0.39, 0.29) is 0 Å². The van der Waals surface area contributed by atoms with Crippen LogP contribution in [-0.2, 0) is 0 Å². The summed E-state index contributed by atoms with van der Waals surface area (Å²) in [4.78, 5) is 0. The molecule has 4 heteroatoms. The number of hydrogen-bond acceptors (Lipinski definition) is 3. The Hall–Kier alpha value is -0.670. The number of fused-ring (bicyclic) bond motifs is 1. The van der Waals surface area contributed by atoms with Crippen molar-refractivity contribution in [2.45, 2.75) is 6.92 Å². The van der Waals surface area contributed by atoms with Crippen molar-refractivity contribution in [1.29, 1.82) is 0 Å². The standard InChI is InChI=1S/C7H5ClN2S/c1-4-3-11-7-5(8)2-9-10-6(4)7/h2-3H,1H3. The molecular weight excluding hydrogens is 180 g/mol. The van der Waals surface area contributed by atoms with Gasteiger partial charge < -0.3 is 0 Å². The molecule has 0 atom stereocenters. The molecule has 0 saturated heterocycles. The summed E-state index contributed by atoms with van der Waals surface area (Å²) in [6, 6.07) is 0. The maximum Gasteiger partial charge on any atom is 0.108 e.